The van der Waals surface area contributed by atoms with Gasteiger partial charge in [0.25, 0.3) is 0 Å². The molecule has 0 unspecified atom stereocenters. The van der Waals surface area contributed by atoms with Crippen molar-refractivity contribution in [2.24, 2.45) is 0 Å². The Morgan fingerprint density at radius 1 is 1.26 bits per heavy atom. The molecule has 100 valence electrons. The van der Waals surface area contributed by atoms with E-state index in [0.29, 0.717) is 5.82 Å². The molecule has 0 saturated heterocycles. The van der Waals surface area contributed by atoms with Gasteiger partial charge in [-0.25, -0.2) is 4.98 Å². The van der Waals surface area contributed by atoms with E-state index in [2.05, 4.69) is 20.2 Å². The minimum absolute atomic E-state index is 0.0366. The van der Waals surface area contributed by atoms with E-state index in [0.717, 1.165) is 18.0 Å². The van der Waals surface area contributed by atoms with Gasteiger partial charge >= 0.3 is 6.18 Å². The number of alkyl halides is 3. The standard InChI is InChI=1S/C10H8F3N5S/c1-5-16-8(14)9(18-17-5)19-6-3-2-4-15-7(6)10(11,12)13/h2-4H,1H3,(H2,14,16,17). The number of anilines is 1. The molecule has 0 amide bonds. The molecule has 0 spiro atoms. The third-order valence-electron chi connectivity index (χ3n) is 2.03. The van der Waals surface area contributed by atoms with Crippen LogP contribution in [0.3, 0.4) is 0 Å². The van der Waals surface area contributed by atoms with E-state index in [1.54, 1.807) is 6.92 Å². The van der Waals surface area contributed by atoms with Gasteiger partial charge in [-0.3, -0.25) is 4.98 Å². The highest BCUT2D eigenvalue weighted by Crippen LogP contribution is 2.38. The first kappa shape index (κ1) is 13.5. The maximum Gasteiger partial charge on any atom is 0.434 e. The fourth-order valence-corrected chi connectivity index (χ4v) is 2.13. The molecule has 0 bridgehead atoms. The molecular formula is C10H8F3N5S. The number of nitrogens with zero attached hydrogens (tertiary/aromatic N) is 4. The number of hydrogen-bond donors (Lipinski definition) is 1. The molecule has 0 fully saturated rings. The van der Waals surface area contributed by atoms with Crippen LogP contribution in [-0.4, -0.2) is 20.2 Å². The van der Waals surface area contributed by atoms with Gasteiger partial charge in [0.2, 0.25) is 0 Å². The van der Waals surface area contributed by atoms with E-state index in [1.807, 2.05) is 0 Å². The topological polar surface area (TPSA) is 77.6 Å². The first-order chi connectivity index (χ1) is 8.88. The van der Waals surface area contributed by atoms with Crippen molar-refractivity contribution in [3.8, 4) is 0 Å². The van der Waals surface area contributed by atoms with Crippen LogP contribution >= 0.6 is 11.8 Å². The molecule has 0 aliphatic carbocycles. The first-order valence-electron chi connectivity index (χ1n) is 5.05. The molecule has 2 N–H and O–H groups in total. The van der Waals surface area contributed by atoms with Crippen LogP contribution in [0.5, 0.6) is 0 Å². The molecule has 0 saturated carbocycles. The van der Waals surface area contributed by atoms with Gasteiger partial charge < -0.3 is 5.73 Å². The number of nitrogen functional groups attached to an aromatic ring is 1. The second-order valence-corrected chi connectivity index (χ2v) is 4.53. The highest BCUT2D eigenvalue weighted by Gasteiger charge is 2.35. The molecule has 0 aromatic carbocycles. The zero-order valence-electron chi connectivity index (χ0n) is 9.64. The summed E-state index contributed by atoms with van der Waals surface area (Å²) in [5.74, 6) is 0.388. The number of nitrogens with two attached hydrogens (primary N) is 1. The summed E-state index contributed by atoms with van der Waals surface area (Å²) in [7, 11) is 0. The number of halogens is 3. The Morgan fingerprint density at radius 3 is 2.63 bits per heavy atom. The SMILES string of the molecule is Cc1nnc(Sc2cccnc2C(F)(F)F)c(N)n1. The van der Waals surface area contributed by atoms with Crippen LogP contribution in [0.15, 0.2) is 28.3 Å². The van der Waals surface area contributed by atoms with Gasteiger partial charge in [0, 0.05) is 11.1 Å². The van der Waals surface area contributed by atoms with E-state index < -0.39 is 11.9 Å². The quantitative estimate of drug-likeness (QED) is 0.913. The van der Waals surface area contributed by atoms with Crippen LogP contribution in [0.4, 0.5) is 19.0 Å². The molecule has 19 heavy (non-hydrogen) atoms. The van der Waals surface area contributed by atoms with Crippen molar-refractivity contribution in [2.45, 2.75) is 23.0 Å². The van der Waals surface area contributed by atoms with Gasteiger partial charge in [-0.1, -0.05) is 11.8 Å². The largest absolute Gasteiger partial charge is 0.434 e. The van der Waals surface area contributed by atoms with Crippen LogP contribution in [0, 0.1) is 6.92 Å². The van der Waals surface area contributed by atoms with Gasteiger partial charge in [-0.15, -0.1) is 10.2 Å². The van der Waals surface area contributed by atoms with Crippen molar-refractivity contribution in [2.75, 3.05) is 5.73 Å². The second kappa shape index (κ2) is 5.00. The van der Waals surface area contributed by atoms with Gasteiger partial charge in [-0.2, -0.15) is 13.2 Å². The van der Waals surface area contributed by atoms with E-state index in [1.165, 1.54) is 12.1 Å². The highest BCUT2D eigenvalue weighted by atomic mass is 32.2. The maximum atomic E-state index is 12.8. The van der Waals surface area contributed by atoms with E-state index >= 15 is 0 Å². The third kappa shape index (κ3) is 3.11. The molecular weight excluding hydrogens is 279 g/mol. The van der Waals surface area contributed by atoms with Gasteiger partial charge in [0.1, 0.15) is 5.82 Å². The lowest BCUT2D eigenvalue weighted by atomic mass is 10.3. The third-order valence-corrected chi connectivity index (χ3v) is 3.07. The Hall–Kier alpha value is -1.90. The molecule has 0 atom stereocenters. The lowest BCUT2D eigenvalue weighted by molar-refractivity contribution is -0.143. The average molecular weight is 287 g/mol. The summed E-state index contributed by atoms with van der Waals surface area (Å²) in [6.45, 7) is 1.59. The Bertz CT molecular complexity index is 602. The van der Waals surface area contributed by atoms with Crippen molar-refractivity contribution in [3.05, 3.63) is 29.8 Å². The van der Waals surface area contributed by atoms with Crippen LogP contribution in [0.1, 0.15) is 11.5 Å². The van der Waals surface area contributed by atoms with E-state index in [4.69, 9.17) is 5.73 Å². The van der Waals surface area contributed by atoms with Crippen molar-refractivity contribution in [1.29, 1.82) is 0 Å². The molecule has 2 heterocycles. The summed E-state index contributed by atoms with van der Waals surface area (Å²) in [5.41, 5.74) is 4.61. The summed E-state index contributed by atoms with van der Waals surface area (Å²) >= 11 is 0.733. The lowest BCUT2D eigenvalue weighted by Crippen LogP contribution is -2.09. The zero-order valence-corrected chi connectivity index (χ0v) is 10.5. The Kier molecular flexibility index (Phi) is 3.56. The summed E-state index contributed by atoms with van der Waals surface area (Å²) in [6.07, 6.45) is -3.46. The number of aryl methyl sites for hydroxylation is 1. The van der Waals surface area contributed by atoms with Gasteiger partial charge in [0.05, 0.1) is 0 Å². The summed E-state index contributed by atoms with van der Waals surface area (Å²) in [5, 5.41) is 7.51. The molecule has 2 aromatic rings. The normalized spacial score (nSPS) is 11.6. The molecule has 9 heteroatoms. The smallest absolute Gasteiger partial charge is 0.381 e. The molecule has 5 nitrogen and oxygen atoms in total. The first-order valence-corrected chi connectivity index (χ1v) is 5.86. The Morgan fingerprint density at radius 2 is 2.00 bits per heavy atom. The van der Waals surface area contributed by atoms with Crippen molar-refractivity contribution >= 4 is 17.6 Å². The van der Waals surface area contributed by atoms with Crippen molar-refractivity contribution < 1.29 is 13.2 Å². The lowest BCUT2D eigenvalue weighted by Gasteiger charge is -2.10. The molecule has 0 radical (unpaired) electrons. The fourth-order valence-electron chi connectivity index (χ4n) is 1.28. The van der Waals surface area contributed by atoms with Crippen LogP contribution in [0.25, 0.3) is 0 Å². The number of pyridine rings is 1. The zero-order chi connectivity index (χ0) is 14.0. The van der Waals surface area contributed by atoms with E-state index in [-0.39, 0.29) is 15.7 Å². The minimum atomic E-state index is -4.54. The van der Waals surface area contributed by atoms with Crippen LogP contribution < -0.4 is 5.73 Å². The molecule has 2 aromatic heterocycles. The molecule has 0 aliphatic rings. The Labute approximate surface area is 110 Å². The van der Waals surface area contributed by atoms with E-state index in [9.17, 15) is 13.2 Å². The number of aromatic nitrogens is 4. The van der Waals surface area contributed by atoms with Crippen molar-refractivity contribution in [3.63, 3.8) is 0 Å². The maximum absolute atomic E-state index is 12.8. The summed E-state index contributed by atoms with van der Waals surface area (Å²) in [6, 6.07) is 2.70. The monoisotopic (exact) mass is 287 g/mol. The molecule has 2 rings (SSSR count). The Balaban J connectivity index is 2.39. The predicted molar refractivity (Wildman–Crippen MR) is 62.3 cm³/mol. The second-order valence-electron chi connectivity index (χ2n) is 3.50. The minimum Gasteiger partial charge on any atom is -0.381 e. The van der Waals surface area contributed by atoms with Gasteiger partial charge in [0.15, 0.2) is 16.5 Å². The van der Waals surface area contributed by atoms with Crippen molar-refractivity contribution in [1.82, 2.24) is 20.2 Å². The average Bonchev–Trinajstić information content (AvgIpc) is 2.32. The fraction of sp³-hybridized carbons (Fsp3) is 0.200. The number of rotatable bonds is 2. The summed E-state index contributed by atoms with van der Waals surface area (Å²) < 4.78 is 38.3. The highest BCUT2D eigenvalue weighted by molar-refractivity contribution is 7.99. The predicted octanol–water partition coefficient (Wildman–Crippen LogP) is 2.33. The van der Waals surface area contributed by atoms with Crippen LogP contribution in [0.2, 0.25) is 0 Å². The number of hydrogen-bond acceptors (Lipinski definition) is 6. The summed E-state index contributed by atoms with van der Waals surface area (Å²) in [4.78, 5) is 7.09. The van der Waals surface area contributed by atoms with Crippen LogP contribution in [-0.2, 0) is 6.18 Å². The van der Waals surface area contributed by atoms with Gasteiger partial charge in [-0.05, 0) is 19.1 Å². The molecule has 0 aliphatic heterocycles.